The molecular formula is C12H24N2S. The second-order valence-electron chi connectivity index (χ2n) is 4.13. The Kier molecular flexibility index (Phi) is 6.90. The van der Waals surface area contributed by atoms with Crippen molar-refractivity contribution in [3.8, 4) is 0 Å². The summed E-state index contributed by atoms with van der Waals surface area (Å²) < 4.78 is 0. The van der Waals surface area contributed by atoms with E-state index in [4.69, 9.17) is 0 Å². The van der Waals surface area contributed by atoms with Gasteiger partial charge in [-0.3, -0.25) is 4.99 Å². The molecule has 1 N–H and O–H groups in total. The average Bonchev–Trinajstić information content (AvgIpc) is 2.29. The Bertz CT molecular complexity index is 192. The Morgan fingerprint density at radius 1 is 1.40 bits per heavy atom. The Balaban J connectivity index is 2.22. The monoisotopic (exact) mass is 228 g/mol. The fourth-order valence-corrected chi connectivity index (χ4v) is 2.64. The maximum atomic E-state index is 4.51. The van der Waals surface area contributed by atoms with Gasteiger partial charge in [-0.25, -0.2) is 0 Å². The summed E-state index contributed by atoms with van der Waals surface area (Å²) in [5.41, 5.74) is 0. The lowest BCUT2D eigenvalue weighted by Crippen LogP contribution is -2.34. The van der Waals surface area contributed by atoms with Gasteiger partial charge in [0, 0.05) is 18.3 Å². The number of rotatable bonds is 6. The van der Waals surface area contributed by atoms with Gasteiger partial charge in [0.05, 0.1) is 0 Å². The molecule has 3 heteroatoms. The lowest BCUT2D eigenvalue weighted by Gasteiger charge is -2.21. The van der Waals surface area contributed by atoms with Gasteiger partial charge in [-0.1, -0.05) is 44.9 Å². The fraction of sp³-hybridized carbons (Fsp3) is 0.917. The van der Waals surface area contributed by atoms with Crippen molar-refractivity contribution in [1.82, 2.24) is 5.32 Å². The average molecular weight is 228 g/mol. The molecule has 0 saturated carbocycles. The van der Waals surface area contributed by atoms with E-state index in [-0.39, 0.29) is 0 Å². The van der Waals surface area contributed by atoms with Gasteiger partial charge < -0.3 is 5.32 Å². The van der Waals surface area contributed by atoms with Gasteiger partial charge in [0.15, 0.2) is 5.17 Å². The zero-order valence-electron chi connectivity index (χ0n) is 10.1. The number of unbranched alkanes of at least 4 members (excludes halogenated alkanes) is 2. The summed E-state index contributed by atoms with van der Waals surface area (Å²) in [6, 6.07) is 0.640. The molecule has 0 aliphatic carbocycles. The van der Waals surface area contributed by atoms with E-state index < -0.39 is 0 Å². The van der Waals surface area contributed by atoms with Crippen molar-refractivity contribution in [2.24, 2.45) is 4.99 Å². The highest BCUT2D eigenvalue weighted by molar-refractivity contribution is 8.13. The second kappa shape index (κ2) is 8.03. The van der Waals surface area contributed by atoms with Crippen LogP contribution in [-0.4, -0.2) is 23.5 Å². The number of nitrogens with zero attached hydrogens (tertiary/aromatic N) is 1. The van der Waals surface area contributed by atoms with Gasteiger partial charge >= 0.3 is 0 Å². The van der Waals surface area contributed by atoms with E-state index in [1.54, 1.807) is 0 Å². The molecule has 1 heterocycles. The predicted octanol–water partition coefficient (Wildman–Crippen LogP) is 3.43. The lowest BCUT2D eigenvalue weighted by molar-refractivity contribution is 0.510. The molecule has 0 aromatic carbocycles. The lowest BCUT2D eigenvalue weighted by atomic mass is 10.1. The molecule has 88 valence electrons. The van der Waals surface area contributed by atoms with Crippen LogP contribution >= 0.6 is 11.8 Å². The van der Waals surface area contributed by atoms with Crippen molar-refractivity contribution in [2.75, 3.05) is 12.3 Å². The minimum absolute atomic E-state index is 0.640. The van der Waals surface area contributed by atoms with Crippen LogP contribution in [0.4, 0.5) is 0 Å². The standard InChI is InChI=1S/C12H24N2S/c1-3-5-6-8-11(4-2)14-12-13-9-7-10-15-12/h11H,3-10H2,1-2H3,(H,13,14). The highest BCUT2D eigenvalue weighted by Crippen LogP contribution is 2.13. The van der Waals surface area contributed by atoms with Crippen LogP contribution in [0.15, 0.2) is 4.99 Å². The number of hydrogen-bond acceptors (Lipinski definition) is 3. The van der Waals surface area contributed by atoms with Gasteiger partial charge in [0.1, 0.15) is 0 Å². The van der Waals surface area contributed by atoms with Gasteiger partial charge in [-0.15, -0.1) is 0 Å². The molecule has 0 spiro atoms. The van der Waals surface area contributed by atoms with Crippen LogP contribution in [0.5, 0.6) is 0 Å². The molecule has 0 amide bonds. The van der Waals surface area contributed by atoms with Gasteiger partial charge in [0.25, 0.3) is 0 Å². The highest BCUT2D eigenvalue weighted by atomic mass is 32.2. The topological polar surface area (TPSA) is 24.4 Å². The molecule has 0 bridgehead atoms. The van der Waals surface area contributed by atoms with E-state index in [0.717, 1.165) is 6.54 Å². The van der Waals surface area contributed by atoms with Crippen molar-refractivity contribution < 1.29 is 0 Å². The predicted molar refractivity (Wildman–Crippen MR) is 70.7 cm³/mol. The van der Waals surface area contributed by atoms with E-state index in [1.807, 2.05) is 11.8 Å². The highest BCUT2D eigenvalue weighted by Gasteiger charge is 2.10. The third-order valence-corrected chi connectivity index (χ3v) is 3.79. The second-order valence-corrected chi connectivity index (χ2v) is 5.22. The van der Waals surface area contributed by atoms with Crippen molar-refractivity contribution in [1.29, 1.82) is 0 Å². The SMILES string of the molecule is CCCCCC(CC)NC1=NCCCS1. The van der Waals surface area contributed by atoms with Crippen molar-refractivity contribution in [3.63, 3.8) is 0 Å². The molecule has 15 heavy (non-hydrogen) atoms. The number of nitrogens with one attached hydrogen (secondary N) is 1. The van der Waals surface area contributed by atoms with E-state index in [1.165, 1.54) is 49.4 Å². The van der Waals surface area contributed by atoms with Crippen LogP contribution in [0.25, 0.3) is 0 Å². The quantitative estimate of drug-likeness (QED) is 0.704. The van der Waals surface area contributed by atoms with Gasteiger partial charge in [-0.2, -0.15) is 0 Å². The maximum absolute atomic E-state index is 4.51. The number of aliphatic imine (C=N–C) groups is 1. The van der Waals surface area contributed by atoms with Crippen molar-refractivity contribution in [2.45, 2.75) is 58.4 Å². The molecule has 0 aromatic heterocycles. The zero-order chi connectivity index (χ0) is 10.9. The van der Waals surface area contributed by atoms with Gasteiger partial charge in [0.2, 0.25) is 0 Å². The molecule has 0 aromatic rings. The van der Waals surface area contributed by atoms with E-state index >= 15 is 0 Å². The Morgan fingerprint density at radius 3 is 2.87 bits per heavy atom. The largest absolute Gasteiger partial charge is 0.362 e. The van der Waals surface area contributed by atoms with Gasteiger partial charge in [-0.05, 0) is 19.3 Å². The van der Waals surface area contributed by atoms with E-state index in [2.05, 4.69) is 24.2 Å². The minimum Gasteiger partial charge on any atom is -0.362 e. The van der Waals surface area contributed by atoms with E-state index in [9.17, 15) is 0 Å². The normalized spacial score (nSPS) is 18.4. The Hall–Kier alpha value is -0.180. The molecule has 1 aliphatic rings. The molecule has 0 fully saturated rings. The first-order chi connectivity index (χ1) is 7.36. The molecule has 1 atom stereocenters. The summed E-state index contributed by atoms with van der Waals surface area (Å²) in [6.45, 7) is 5.54. The zero-order valence-corrected chi connectivity index (χ0v) is 10.9. The van der Waals surface area contributed by atoms with Crippen LogP contribution in [0.2, 0.25) is 0 Å². The summed E-state index contributed by atoms with van der Waals surface area (Å²) in [7, 11) is 0. The van der Waals surface area contributed by atoms with E-state index in [0.29, 0.717) is 6.04 Å². The maximum Gasteiger partial charge on any atom is 0.156 e. The summed E-state index contributed by atoms with van der Waals surface area (Å²) in [5, 5.41) is 4.76. The summed E-state index contributed by atoms with van der Waals surface area (Å²) >= 11 is 1.88. The fourth-order valence-electron chi connectivity index (χ4n) is 1.74. The molecule has 1 rings (SSSR count). The first-order valence-corrected chi connectivity index (χ1v) is 7.29. The first kappa shape index (κ1) is 12.9. The van der Waals surface area contributed by atoms with Crippen LogP contribution in [0.1, 0.15) is 52.4 Å². The summed E-state index contributed by atoms with van der Waals surface area (Å²) in [5.74, 6) is 1.23. The van der Waals surface area contributed by atoms with Crippen LogP contribution in [0.3, 0.4) is 0 Å². The smallest absolute Gasteiger partial charge is 0.156 e. The molecule has 0 saturated heterocycles. The summed E-state index contributed by atoms with van der Waals surface area (Å²) in [6.07, 6.45) is 7.76. The van der Waals surface area contributed by atoms with Crippen LogP contribution in [0, 0.1) is 0 Å². The molecule has 0 radical (unpaired) electrons. The third-order valence-electron chi connectivity index (χ3n) is 2.77. The molecule has 1 unspecified atom stereocenters. The van der Waals surface area contributed by atoms with Crippen LogP contribution in [-0.2, 0) is 0 Å². The number of hydrogen-bond donors (Lipinski definition) is 1. The van der Waals surface area contributed by atoms with Crippen LogP contribution < -0.4 is 5.32 Å². The Labute approximate surface area is 98.3 Å². The molecular weight excluding hydrogens is 204 g/mol. The summed E-state index contributed by atoms with van der Waals surface area (Å²) in [4.78, 5) is 4.51. The van der Waals surface area contributed by atoms with Crippen molar-refractivity contribution in [3.05, 3.63) is 0 Å². The molecule has 2 nitrogen and oxygen atoms in total. The Morgan fingerprint density at radius 2 is 2.27 bits per heavy atom. The molecule has 1 aliphatic heterocycles. The van der Waals surface area contributed by atoms with Crippen molar-refractivity contribution >= 4 is 16.9 Å². The minimum atomic E-state index is 0.640. The number of thioether (sulfide) groups is 1. The first-order valence-electron chi connectivity index (χ1n) is 6.30. The number of amidine groups is 1. The third kappa shape index (κ3) is 5.45.